The van der Waals surface area contributed by atoms with E-state index in [0.717, 1.165) is 25.6 Å². The number of alkyl halides is 1. The van der Waals surface area contributed by atoms with Gasteiger partial charge in [-0.25, -0.2) is 0 Å². The van der Waals surface area contributed by atoms with Crippen LogP contribution in [0.1, 0.15) is 19.8 Å². The average molecular weight is 192 g/mol. The summed E-state index contributed by atoms with van der Waals surface area (Å²) < 4.78 is 5.30. The van der Waals surface area contributed by atoms with Crippen LogP contribution in [-0.2, 0) is 4.74 Å². The SMILES string of the molecule is CCOCCN1CCCC1CCl. The van der Waals surface area contributed by atoms with Crippen LogP contribution in [0.15, 0.2) is 0 Å². The van der Waals surface area contributed by atoms with Gasteiger partial charge in [-0.05, 0) is 26.3 Å². The van der Waals surface area contributed by atoms with Crippen molar-refractivity contribution in [1.29, 1.82) is 0 Å². The molecule has 0 spiro atoms. The fourth-order valence-electron chi connectivity index (χ4n) is 1.69. The molecule has 1 fully saturated rings. The third-order valence-electron chi connectivity index (χ3n) is 2.40. The lowest BCUT2D eigenvalue weighted by Gasteiger charge is -2.21. The smallest absolute Gasteiger partial charge is 0.0593 e. The van der Waals surface area contributed by atoms with Gasteiger partial charge in [0.2, 0.25) is 0 Å². The molecule has 1 saturated heterocycles. The minimum absolute atomic E-state index is 0.604. The molecule has 72 valence electrons. The monoisotopic (exact) mass is 191 g/mol. The zero-order valence-electron chi connectivity index (χ0n) is 7.76. The van der Waals surface area contributed by atoms with E-state index < -0.39 is 0 Å². The number of halogens is 1. The van der Waals surface area contributed by atoms with Crippen molar-refractivity contribution in [3.8, 4) is 0 Å². The van der Waals surface area contributed by atoms with Crippen LogP contribution in [0.3, 0.4) is 0 Å². The van der Waals surface area contributed by atoms with E-state index in [1.54, 1.807) is 0 Å². The predicted molar refractivity (Wildman–Crippen MR) is 51.8 cm³/mol. The Bertz CT molecular complexity index is 121. The van der Waals surface area contributed by atoms with Crippen molar-refractivity contribution in [2.45, 2.75) is 25.8 Å². The highest BCUT2D eigenvalue weighted by atomic mass is 35.5. The molecule has 0 amide bonds. The molecule has 0 aromatic rings. The molecule has 0 radical (unpaired) electrons. The molecular formula is C9H18ClNO. The van der Waals surface area contributed by atoms with Crippen LogP contribution in [0.2, 0.25) is 0 Å². The molecule has 0 N–H and O–H groups in total. The van der Waals surface area contributed by atoms with E-state index in [4.69, 9.17) is 16.3 Å². The molecule has 12 heavy (non-hydrogen) atoms. The third kappa shape index (κ3) is 2.92. The van der Waals surface area contributed by atoms with E-state index in [9.17, 15) is 0 Å². The largest absolute Gasteiger partial charge is 0.380 e. The summed E-state index contributed by atoms with van der Waals surface area (Å²) in [5.74, 6) is 0.770. The van der Waals surface area contributed by atoms with Gasteiger partial charge >= 0.3 is 0 Å². The molecule has 0 saturated carbocycles. The van der Waals surface area contributed by atoms with Gasteiger partial charge in [-0.15, -0.1) is 11.6 Å². The first-order chi connectivity index (χ1) is 5.88. The van der Waals surface area contributed by atoms with Crippen LogP contribution in [0.25, 0.3) is 0 Å². The van der Waals surface area contributed by atoms with Gasteiger partial charge in [-0.3, -0.25) is 4.90 Å². The standard InChI is InChI=1S/C9H18ClNO/c1-2-12-7-6-11-5-3-4-9(11)8-10/h9H,2-8H2,1H3. The van der Waals surface area contributed by atoms with Crippen LogP contribution < -0.4 is 0 Å². The molecule has 1 unspecified atom stereocenters. The Labute approximate surface area is 79.8 Å². The van der Waals surface area contributed by atoms with Gasteiger partial charge in [-0.1, -0.05) is 0 Å². The molecule has 0 aromatic heterocycles. The summed E-state index contributed by atoms with van der Waals surface area (Å²) in [4.78, 5) is 2.43. The molecule has 1 aliphatic heterocycles. The predicted octanol–water partition coefficient (Wildman–Crippen LogP) is 1.73. The van der Waals surface area contributed by atoms with E-state index in [2.05, 4.69) is 4.90 Å². The number of ether oxygens (including phenoxy) is 1. The summed E-state index contributed by atoms with van der Waals surface area (Å²) in [6.07, 6.45) is 2.55. The molecule has 1 heterocycles. The Hall–Kier alpha value is 0.210. The van der Waals surface area contributed by atoms with E-state index >= 15 is 0 Å². The van der Waals surface area contributed by atoms with Gasteiger partial charge in [0.15, 0.2) is 0 Å². The Balaban J connectivity index is 2.12. The maximum absolute atomic E-state index is 5.83. The van der Waals surface area contributed by atoms with Crippen molar-refractivity contribution in [3.63, 3.8) is 0 Å². The topological polar surface area (TPSA) is 12.5 Å². The Morgan fingerprint density at radius 1 is 1.58 bits per heavy atom. The number of hydrogen-bond acceptors (Lipinski definition) is 2. The maximum Gasteiger partial charge on any atom is 0.0593 e. The summed E-state index contributed by atoms with van der Waals surface area (Å²) in [7, 11) is 0. The maximum atomic E-state index is 5.83. The van der Waals surface area contributed by atoms with Crippen molar-refractivity contribution in [2.24, 2.45) is 0 Å². The summed E-state index contributed by atoms with van der Waals surface area (Å²) in [5.41, 5.74) is 0. The number of rotatable bonds is 5. The Kier molecular flexibility index (Phi) is 4.96. The van der Waals surface area contributed by atoms with Crippen LogP contribution in [0, 0.1) is 0 Å². The second-order valence-electron chi connectivity index (χ2n) is 3.18. The quantitative estimate of drug-likeness (QED) is 0.485. The molecular weight excluding hydrogens is 174 g/mol. The third-order valence-corrected chi connectivity index (χ3v) is 2.76. The molecule has 1 aliphatic rings. The fraction of sp³-hybridized carbons (Fsp3) is 1.00. The van der Waals surface area contributed by atoms with Crippen LogP contribution in [-0.4, -0.2) is 43.1 Å². The summed E-state index contributed by atoms with van der Waals surface area (Å²) in [6, 6.07) is 0.604. The van der Waals surface area contributed by atoms with Crippen molar-refractivity contribution < 1.29 is 4.74 Å². The van der Waals surface area contributed by atoms with Gasteiger partial charge in [0.05, 0.1) is 6.61 Å². The normalized spacial score (nSPS) is 25.0. The second kappa shape index (κ2) is 5.79. The van der Waals surface area contributed by atoms with Crippen molar-refractivity contribution in [3.05, 3.63) is 0 Å². The fourth-order valence-corrected chi connectivity index (χ4v) is 2.04. The summed E-state index contributed by atoms with van der Waals surface area (Å²) in [6.45, 7) is 5.95. The molecule has 0 aromatic carbocycles. The Morgan fingerprint density at radius 2 is 2.42 bits per heavy atom. The lowest BCUT2D eigenvalue weighted by Crippen LogP contribution is -2.33. The molecule has 3 heteroatoms. The number of likely N-dealkylation sites (tertiary alicyclic amines) is 1. The number of nitrogens with zero attached hydrogens (tertiary/aromatic N) is 1. The second-order valence-corrected chi connectivity index (χ2v) is 3.49. The molecule has 1 rings (SSSR count). The Morgan fingerprint density at radius 3 is 3.08 bits per heavy atom. The highest BCUT2D eigenvalue weighted by Crippen LogP contribution is 2.17. The van der Waals surface area contributed by atoms with Crippen LogP contribution in [0.5, 0.6) is 0 Å². The first kappa shape index (κ1) is 10.3. The minimum Gasteiger partial charge on any atom is -0.380 e. The molecule has 0 aliphatic carbocycles. The van der Waals surface area contributed by atoms with E-state index in [0.29, 0.717) is 6.04 Å². The average Bonchev–Trinajstić information content (AvgIpc) is 2.52. The van der Waals surface area contributed by atoms with Crippen molar-refractivity contribution >= 4 is 11.6 Å². The lowest BCUT2D eigenvalue weighted by atomic mass is 10.2. The van der Waals surface area contributed by atoms with Crippen molar-refractivity contribution in [2.75, 3.05) is 32.2 Å². The molecule has 1 atom stereocenters. The van der Waals surface area contributed by atoms with E-state index in [1.165, 1.54) is 19.4 Å². The first-order valence-corrected chi connectivity index (χ1v) is 5.29. The zero-order chi connectivity index (χ0) is 8.81. The molecule has 0 bridgehead atoms. The van der Waals surface area contributed by atoms with Crippen molar-refractivity contribution in [1.82, 2.24) is 4.90 Å². The lowest BCUT2D eigenvalue weighted by molar-refractivity contribution is 0.112. The summed E-state index contributed by atoms with van der Waals surface area (Å²) >= 11 is 5.83. The number of hydrogen-bond donors (Lipinski definition) is 0. The molecule has 2 nitrogen and oxygen atoms in total. The van der Waals surface area contributed by atoms with Gasteiger partial charge < -0.3 is 4.74 Å². The van der Waals surface area contributed by atoms with E-state index in [1.807, 2.05) is 6.92 Å². The minimum atomic E-state index is 0.604. The van der Waals surface area contributed by atoms with Gasteiger partial charge in [0.1, 0.15) is 0 Å². The summed E-state index contributed by atoms with van der Waals surface area (Å²) in [5, 5.41) is 0. The highest BCUT2D eigenvalue weighted by Gasteiger charge is 2.22. The van der Waals surface area contributed by atoms with Gasteiger partial charge in [-0.2, -0.15) is 0 Å². The highest BCUT2D eigenvalue weighted by molar-refractivity contribution is 6.18. The van der Waals surface area contributed by atoms with E-state index in [-0.39, 0.29) is 0 Å². The first-order valence-electron chi connectivity index (χ1n) is 4.76. The zero-order valence-corrected chi connectivity index (χ0v) is 8.52. The van der Waals surface area contributed by atoms with Gasteiger partial charge in [0, 0.05) is 25.1 Å². The van der Waals surface area contributed by atoms with Crippen LogP contribution in [0.4, 0.5) is 0 Å². The van der Waals surface area contributed by atoms with Gasteiger partial charge in [0.25, 0.3) is 0 Å². The van der Waals surface area contributed by atoms with Crippen LogP contribution >= 0.6 is 11.6 Å².